The molecule has 2 atom stereocenters. The summed E-state index contributed by atoms with van der Waals surface area (Å²) in [5, 5.41) is 9.67. The lowest BCUT2D eigenvalue weighted by molar-refractivity contribution is 0.0628. The van der Waals surface area contributed by atoms with E-state index in [1.807, 2.05) is 0 Å². The Morgan fingerprint density at radius 2 is 1.62 bits per heavy atom. The van der Waals surface area contributed by atoms with Crippen molar-refractivity contribution < 1.29 is 21.9 Å². The number of aliphatic hydroxyl groups excluding tert-OH is 1. The Hall–Kier alpha value is -0.960. The highest BCUT2D eigenvalue weighted by molar-refractivity contribution is 7.90. The minimum absolute atomic E-state index is 0.0680. The molecule has 1 aromatic carbocycles. The monoisotopic (exact) mass is 333 g/mol. The predicted octanol–water partition coefficient (Wildman–Crippen LogP) is 0.482. The van der Waals surface area contributed by atoms with E-state index >= 15 is 0 Å². The molecule has 2 unspecified atom stereocenters. The molecule has 0 radical (unpaired) electrons. The molecular weight excluding hydrogens is 314 g/mol. The van der Waals surface area contributed by atoms with Gasteiger partial charge in [0.15, 0.2) is 9.84 Å². The van der Waals surface area contributed by atoms with Crippen LogP contribution in [0.4, 0.5) is 0 Å². The Morgan fingerprint density at radius 1 is 1.10 bits per heavy atom. The van der Waals surface area contributed by atoms with Crippen molar-refractivity contribution in [2.24, 2.45) is 5.92 Å². The first kappa shape index (κ1) is 16.4. The number of aliphatic hydroxyl groups is 1. The quantitative estimate of drug-likeness (QED) is 0.869. The van der Waals surface area contributed by atoms with E-state index in [1.165, 1.54) is 28.6 Å². The lowest BCUT2D eigenvalue weighted by atomic mass is 9.99. The Morgan fingerprint density at radius 3 is 2.10 bits per heavy atom. The molecule has 0 aliphatic carbocycles. The highest BCUT2D eigenvalue weighted by Crippen LogP contribution is 2.24. The predicted molar refractivity (Wildman–Crippen MR) is 78.1 cm³/mol. The maximum absolute atomic E-state index is 12.5. The number of rotatable bonds is 3. The average Bonchev–Trinajstić information content (AvgIpc) is 2.41. The first-order valence-electron chi connectivity index (χ1n) is 6.60. The van der Waals surface area contributed by atoms with Crippen LogP contribution in [0.1, 0.15) is 13.3 Å². The van der Waals surface area contributed by atoms with E-state index in [4.69, 9.17) is 0 Å². The van der Waals surface area contributed by atoms with E-state index in [0.29, 0.717) is 6.42 Å². The molecule has 8 heteroatoms. The fraction of sp³-hybridized carbons (Fsp3) is 0.538. The van der Waals surface area contributed by atoms with Gasteiger partial charge in [0.2, 0.25) is 10.0 Å². The standard InChI is InChI=1S/C13H19NO5S2/c1-10-9-14(8-7-13(10)15)21(18,19)12-5-3-11(4-6-12)20(2,16)17/h3-6,10,13,15H,7-9H2,1-2H3. The molecule has 6 nitrogen and oxygen atoms in total. The second-order valence-electron chi connectivity index (χ2n) is 5.44. The highest BCUT2D eigenvalue weighted by atomic mass is 32.2. The largest absolute Gasteiger partial charge is 0.393 e. The Bertz CT molecular complexity index is 709. The fourth-order valence-electron chi connectivity index (χ4n) is 2.32. The number of nitrogens with zero attached hydrogens (tertiary/aromatic N) is 1. The number of hydrogen-bond donors (Lipinski definition) is 1. The average molecular weight is 333 g/mol. The van der Waals surface area contributed by atoms with Crippen molar-refractivity contribution in [2.45, 2.75) is 29.2 Å². The van der Waals surface area contributed by atoms with E-state index in [0.717, 1.165) is 6.26 Å². The summed E-state index contributed by atoms with van der Waals surface area (Å²) in [5.74, 6) is -0.121. The van der Waals surface area contributed by atoms with Crippen LogP contribution in [0.3, 0.4) is 0 Å². The van der Waals surface area contributed by atoms with Crippen LogP contribution in [0, 0.1) is 5.92 Å². The summed E-state index contributed by atoms with van der Waals surface area (Å²) in [6.45, 7) is 2.33. The third-order valence-electron chi connectivity index (χ3n) is 3.71. The van der Waals surface area contributed by atoms with Crippen LogP contribution in [0.5, 0.6) is 0 Å². The van der Waals surface area contributed by atoms with Gasteiger partial charge in [0.25, 0.3) is 0 Å². The first-order chi connectivity index (χ1) is 9.62. The molecular formula is C13H19NO5S2. The molecule has 1 saturated heterocycles. The van der Waals surface area contributed by atoms with E-state index in [2.05, 4.69) is 0 Å². The summed E-state index contributed by atoms with van der Waals surface area (Å²) < 4.78 is 49.1. The van der Waals surface area contributed by atoms with Gasteiger partial charge in [-0.25, -0.2) is 16.8 Å². The molecule has 0 amide bonds. The van der Waals surface area contributed by atoms with E-state index in [-0.39, 0.29) is 28.8 Å². The topological polar surface area (TPSA) is 91.8 Å². The molecule has 0 aromatic heterocycles. The van der Waals surface area contributed by atoms with Crippen molar-refractivity contribution in [1.82, 2.24) is 4.31 Å². The maximum Gasteiger partial charge on any atom is 0.243 e. The third kappa shape index (κ3) is 3.45. The Kier molecular flexibility index (Phi) is 4.44. The number of sulfone groups is 1. The van der Waals surface area contributed by atoms with E-state index < -0.39 is 26.0 Å². The number of hydrogen-bond acceptors (Lipinski definition) is 5. The summed E-state index contributed by atoms with van der Waals surface area (Å²) in [6.07, 6.45) is 0.996. The smallest absolute Gasteiger partial charge is 0.243 e. The van der Waals surface area contributed by atoms with E-state index in [1.54, 1.807) is 6.92 Å². The minimum Gasteiger partial charge on any atom is -0.393 e. The van der Waals surface area contributed by atoms with Crippen molar-refractivity contribution in [3.8, 4) is 0 Å². The van der Waals surface area contributed by atoms with Gasteiger partial charge in [-0.15, -0.1) is 0 Å². The molecule has 118 valence electrons. The van der Waals surface area contributed by atoms with Crippen molar-refractivity contribution in [3.63, 3.8) is 0 Å². The normalized spacial score (nSPS) is 24.9. The van der Waals surface area contributed by atoms with Gasteiger partial charge in [0, 0.05) is 19.3 Å². The fourth-order valence-corrected chi connectivity index (χ4v) is 4.51. The molecule has 2 rings (SSSR count). The third-order valence-corrected chi connectivity index (χ3v) is 6.72. The lowest BCUT2D eigenvalue weighted by Crippen LogP contribution is -2.44. The van der Waals surface area contributed by atoms with Gasteiger partial charge >= 0.3 is 0 Å². The lowest BCUT2D eigenvalue weighted by Gasteiger charge is -2.33. The van der Waals surface area contributed by atoms with E-state index in [9.17, 15) is 21.9 Å². The van der Waals surface area contributed by atoms with Gasteiger partial charge < -0.3 is 5.11 Å². The van der Waals surface area contributed by atoms with Crippen LogP contribution in [0.25, 0.3) is 0 Å². The van der Waals surface area contributed by atoms with Crippen LogP contribution in [0.2, 0.25) is 0 Å². The van der Waals surface area contributed by atoms with Crippen molar-refractivity contribution in [2.75, 3.05) is 19.3 Å². The molecule has 1 aliphatic rings. The minimum atomic E-state index is -3.65. The number of piperidine rings is 1. The van der Waals surface area contributed by atoms with Crippen LogP contribution in [0.15, 0.2) is 34.1 Å². The second-order valence-corrected chi connectivity index (χ2v) is 9.39. The number of benzene rings is 1. The van der Waals surface area contributed by atoms with Crippen molar-refractivity contribution >= 4 is 19.9 Å². The molecule has 1 fully saturated rings. The molecule has 0 bridgehead atoms. The van der Waals surface area contributed by atoms with Crippen LogP contribution in [-0.2, 0) is 19.9 Å². The molecule has 1 heterocycles. The van der Waals surface area contributed by atoms with Crippen LogP contribution < -0.4 is 0 Å². The Balaban J connectivity index is 2.28. The zero-order valence-corrected chi connectivity index (χ0v) is 13.6. The summed E-state index contributed by atoms with van der Waals surface area (Å²) in [5.41, 5.74) is 0. The molecule has 0 saturated carbocycles. The number of sulfonamides is 1. The summed E-state index contributed by atoms with van der Waals surface area (Å²) in [4.78, 5) is 0.155. The molecule has 1 aromatic rings. The van der Waals surface area contributed by atoms with Gasteiger partial charge in [-0.1, -0.05) is 6.92 Å². The SMILES string of the molecule is CC1CN(S(=O)(=O)c2ccc(S(C)(=O)=O)cc2)CCC1O. The first-order valence-corrected chi connectivity index (χ1v) is 9.94. The van der Waals surface area contributed by atoms with Gasteiger partial charge in [-0.3, -0.25) is 0 Å². The zero-order chi connectivity index (χ0) is 15.8. The Labute approximate surface area is 125 Å². The molecule has 1 N–H and O–H groups in total. The van der Waals surface area contributed by atoms with Gasteiger partial charge in [-0.2, -0.15) is 4.31 Å². The summed E-state index contributed by atoms with van der Waals surface area (Å²) in [6, 6.07) is 5.21. The van der Waals surface area contributed by atoms with Gasteiger partial charge in [-0.05, 0) is 36.6 Å². The maximum atomic E-state index is 12.5. The molecule has 1 aliphatic heterocycles. The summed E-state index contributed by atoms with van der Waals surface area (Å²) in [7, 11) is -7.00. The van der Waals surface area contributed by atoms with Crippen molar-refractivity contribution in [1.29, 1.82) is 0 Å². The second kappa shape index (κ2) is 5.68. The van der Waals surface area contributed by atoms with Crippen LogP contribution >= 0.6 is 0 Å². The van der Waals surface area contributed by atoms with Gasteiger partial charge in [0.1, 0.15) is 0 Å². The van der Waals surface area contributed by atoms with Crippen molar-refractivity contribution in [3.05, 3.63) is 24.3 Å². The summed E-state index contributed by atoms with van der Waals surface area (Å²) >= 11 is 0. The highest BCUT2D eigenvalue weighted by Gasteiger charge is 2.32. The molecule has 21 heavy (non-hydrogen) atoms. The molecule has 0 spiro atoms. The van der Waals surface area contributed by atoms with Gasteiger partial charge in [0.05, 0.1) is 15.9 Å². The van der Waals surface area contributed by atoms with Crippen LogP contribution in [-0.4, -0.2) is 51.7 Å². The zero-order valence-electron chi connectivity index (χ0n) is 11.9.